The molecule has 1 aromatic heterocycles. The number of para-hydroxylation sites is 2. The molecular weight excluding hydrogens is 370 g/mol. The van der Waals surface area contributed by atoms with Crippen LogP contribution in [0.3, 0.4) is 0 Å². The molecule has 0 atom stereocenters. The van der Waals surface area contributed by atoms with Gasteiger partial charge in [0.05, 0.1) is 12.3 Å². The molecule has 0 unspecified atom stereocenters. The van der Waals surface area contributed by atoms with Gasteiger partial charge in [0.15, 0.2) is 0 Å². The Balaban J connectivity index is 1.74. The lowest BCUT2D eigenvalue weighted by atomic mass is 10.2. The zero-order valence-electron chi connectivity index (χ0n) is 16.1. The Bertz CT molecular complexity index is 1020. The lowest BCUT2D eigenvalue weighted by Crippen LogP contribution is -2.15. The molecule has 0 saturated carbocycles. The number of anilines is 4. The van der Waals surface area contributed by atoms with Crippen LogP contribution in [0.5, 0.6) is 5.75 Å². The van der Waals surface area contributed by atoms with Gasteiger partial charge in [0.1, 0.15) is 11.4 Å². The monoisotopic (exact) mass is 391 g/mol. The van der Waals surface area contributed by atoms with Crippen LogP contribution in [-0.4, -0.2) is 28.4 Å². The molecule has 0 saturated heterocycles. The summed E-state index contributed by atoms with van der Waals surface area (Å²) in [5.41, 5.74) is 2.03. The average Bonchev–Trinajstić information content (AvgIpc) is 2.70. The highest BCUT2D eigenvalue weighted by Crippen LogP contribution is 2.26. The molecule has 0 radical (unpaired) electrons. The Morgan fingerprint density at radius 1 is 1.00 bits per heavy atom. The van der Waals surface area contributed by atoms with Crippen LogP contribution in [0.2, 0.25) is 0 Å². The third-order valence-electron chi connectivity index (χ3n) is 3.76. The maximum Gasteiger partial charge on any atom is 0.274 e. The first-order valence-electron chi connectivity index (χ1n) is 9.06. The number of rotatable bonds is 7. The van der Waals surface area contributed by atoms with Gasteiger partial charge in [0.25, 0.3) is 5.91 Å². The second-order valence-corrected chi connectivity index (χ2v) is 6.04. The van der Waals surface area contributed by atoms with Crippen molar-refractivity contribution >= 4 is 34.8 Å². The van der Waals surface area contributed by atoms with Crippen molar-refractivity contribution in [1.29, 1.82) is 0 Å². The SMILES string of the molecule is CCOc1ccccc1Nc1nccc(C(=O)Nc2cccc(NC(C)=O)c2)n1. The highest BCUT2D eigenvalue weighted by atomic mass is 16.5. The Morgan fingerprint density at radius 3 is 2.52 bits per heavy atom. The van der Waals surface area contributed by atoms with Crippen LogP contribution in [0.1, 0.15) is 24.3 Å². The predicted molar refractivity (Wildman–Crippen MR) is 112 cm³/mol. The van der Waals surface area contributed by atoms with E-state index in [1.54, 1.807) is 24.3 Å². The summed E-state index contributed by atoms with van der Waals surface area (Å²) in [4.78, 5) is 32.2. The zero-order chi connectivity index (χ0) is 20.6. The van der Waals surface area contributed by atoms with Crippen LogP contribution < -0.4 is 20.7 Å². The first-order valence-corrected chi connectivity index (χ1v) is 9.06. The van der Waals surface area contributed by atoms with E-state index in [1.807, 2.05) is 31.2 Å². The van der Waals surface area contributed by atoms with Gasteiger partial charge in [-0.1, -0.05) is 18.2 Å². The fourth-order valence-corrected chi connectivity index (χ4v) is 2.59. The summed E-state index contributed by atoms with van der Waals surface area (Å²) in [7, 11) is 0. The Labute approximate surface area is 168 Å². The lowest BCUT2D eigenvalue weighted by Gasteiger charge is -2.11. The van der Waals surface area contributed by atoms with Gasteiger partial charge in [-0.3, -0.25) is 9.59 Å². The third kappa shape index (κ3) is 5.52. The number of hydrogen-bond acceptors (Lipinski definition) is 6. The van der Waals surface area contributed by atoms with Crippen LogP contribution in [-0.2, 0) is 4.79 Å². The summed E-state index contributed by atoms with van der Waals surface area (Å²) < 4.78 is 5.58. The fraction of sp³-hybridized carbons (Fsp3) is 0.143. The third-order valence-corrected chi connectivity index (χ3v) is 3.76. The maximum atomic E-state index is 12.6. The maximum absolute atomic E-state index is 12.6. The standard InChI is InChI=1S/C21H21N5O3/c1-3-29-19-10-5-4-9-17(19)25-21-22-12-11-18(26-21)20(28)24-16-8-6-7-15(13-16)23-14(2)27/h4-13H,3H2,1-2H3,(H,23,27)(H,24,28)(H,22,25,26). The number of hydrogen-bond donors (Lipinski definition) is 3. The van der Waals surface area contributed by atoms with Gasteiger partial charge in [-0.25, -0.2) is 9.97 Å². The molecule has 2 amide bonds. The molecule has 0 aliphatic heterocycles. The molecule has 8 heteroatoms. The molecule has 8 nitrogen and oxygen atoms in total. The van der Waals surface area contributed by atoms with E-state index in [1.165, 1.54) is 19.2 Å². The molecule has 0 fully saturated rings. The van der Waals surface area contributed by atoms with Crippen LogP contribution in [0.25, 0.3) is 0 Å². The smallest absolute Gasteiger partial charge is 0.274 e. The largest absolute Gasteiger partial charge is 0.492 e. The van der Waals surface area contributed by atoms with Crippen molar-refractivity contribution in [2.75, 3.05) is 22.6 Å². The quantitative estimate of drug-likeness (QED) is 0.565. The normalized spacial score (nSPS) is 10.1. The van der Waals surface area contributed by atoms with E-state index in [4.69, 9.17) is 4.74 Å². The second kappa shape index (κ2) is 9.32. The minimum Gasteiger partial charge on any atom is -0.492 e. The summed E-state index contributed by atoms with van der Waals surface area (Å²) in [5.74, 6) is 0.362. The van der Waals surface area contributed by atoms with E-state index in [2.05, 4.69) is 25.9 Å². The van der Waals surface area contributed by atoms with Gasteiger partial charge < -0.3 is 20.7 Å². The second-order valence-electron chi connectivity index (χ2n) is 6.04. The fourth-order valence-electron chi connectivity index (χ4n) is 2.59. The molecule has 0 aliphatic carbocycles. The van der Waals surface area contributed by atoms with Crippen LogP contribution in [0.4, 0.5) is 23.0 Å². The molecule has 3 aromatic rings. The topological polar surface area (TPSA) is 105 Å². The van der Waals surface area contributed by atoms with E-state index in [9.17, 15) is 9.59 Å². The van der Waals surface area contributed by atoms with Crippen molar-refractivity contribution in [3.8, 4) is 5.75 Å². The number of nitrogens with zero attached hydrogens (tertiary/aromatic N) is 2. The minimum absolute atomic E-state index is 0.188. The number of carbonyl (C=O) groups excluding carboxylic acids is 2. The first kappa shape index (κ1) is 19.8. The van der Waals surface area contributed by atoms with Crippen molar-refractivity contribution in [3.63, 3.8) is 0 Å². The van der Waals surface area contributed by atoms with Crippen LogP contribution >= 0.6 is 0 Å². The summed E-state index contributed by atoms with van der Waals surface area (Å²) >= 11 is 0. The number of nitrogens with one attached hydrogen (secondary N) is 3. The molecule has 148 valence electrons. The molecule has 0 spiro atoms. The Kier molecular flexibility index (Phi) is 6.36. The highest BCUT2D eigenvalue weighted by Gasteiger charge is 2.11. The van der Waals surface area contributed by atoms with Gasteiger partial charge in [0.2, 0.25) is 11.9 Å². The number of benzene rings is 2. The number of amides is 2. The van der Waals surface area contributed by atoms with Gasteiger partial charge >= 0.3 is 0 Å². The number of ether oxygens (including phenoxy) is 1. The average molecular weight is 391 g/mol. The molecule has 29 heavy (non-hydrogen) atoms. The van der Waals surface area contributed by atoms with E-state index in [0.29, 0.717) is 29.4 Å². The Hall–Kier alpha value is -3.94. The van der Waals surface area contributed by atoms with E-state index in [0.717, 1.165) is 0 Å². The van der Waals surface area contributed by atoms with Gasteiger partial charge in [0, 0.05) is 24.5 Å². The molecular formula is C21H21N5O3. The molecule has 3 rings (SSSR count). The van der Waals surface area contributed by atoms with E-state index in [-0.39, 0.29) is 17.5 Å². The summed E-state index contributed by atoms with van der Waals surface area (Å²) in [6.45, 7) is 3.85. The van der Waals surface area contributed by atoms with Gasteiger partial charge in [-0.2, -0.15) is 0 Å². The summed E-state index contributed by atoms with van der Waals surface area (Å²) in [6, 6.07) is 15.8. The highest BCUT2D eigenvalue weighted by molar-refractivity contribution is 6.03. The van der Waals surface area contributed by atoms with Crippen molar-refractivity contribution in [3.05, 3.63) is 66.5 Å². The number of aromatic nitrogens is 2. The van der Waals surface area contributed by atoms with Crippen molar-refractivity contribution in [2.45, 2.75) is 13.8 Å². The van der Waals surface area contributed by atoms with Crippen LogP contribution in [0, 0.1) is 0 Å². The van der Waals surface area contributed by atoms with Crippen molar-refractivity contribution in [2.24, 2.45) is 0 Å². The summed E-state index contributed by atoms with van der Waals surface area (Å²) in [5, 5.41) is 8.51. The molecule has 3 N–H and O–H groups in total. The lowest BCUT2D eigenvalue weighted by molar-refractivity contribution is -0.114. The minimum atomic E-state index is -0.395. The predicted octanol–water partition coefficient (Wildman–Crippen LogP) is 3.83. The zero-order valence-corrected chi connectivity index (χ0v) is 16.1. The van der Waals surface area contributed by atoms with Crippen molar-refractivity contribution in [1.82, 2.24) is 9.97 Å². The summed E-state index contributed by atoms with van der Waals surface area (Å²) in [6.07, 6.45) is 1.50. The molecule has 2 aromatic carbocycles. The molecule has 0 aliphatic rings. The van der Waals surface area contributed by atoms with Crippen LogP contribution in [0.15, 0.2) is 60.8 Å². The van der Waals surface area contributed by atoms with Gasteiger partial charge in [-0.15, -0.1) is 0 Å². The Morgan fingerprint density at radius 2 is 1.76 bits per heavy atom. The first-order chi connectivity index (χ1) is 14.0. The van der Waals surface area contributed by atoms with Gasteiger partial charge in [-0.05, 0) is 43.3 Å². The van der Waals surface area contributed by atoms with E-state index < -0.39 is 5.91 Å². The molecule has 0 bridgehead atoms. The number of carbonyl (C=O) groups is 2. The molecule has 1 heterocycles. The van der Waals surface area contributed by atoms with E-state index >= 15 is 0 Å². The van der Waals surface area contributed by atoms with Crippen molar-refractivity contribution < 1.29 is 14.3 Å².